The number of amides is 1. The van der Waals surface area contributed by atoms with Crippen LogP contribution >= 0.6 is 0 Å². The van der Waals surface area contributed by atoms with Gasteiger partial charge in [-0.15, -0.1) is 0 Å². The van der Waals surface area contributed by atoms with Gasteiger partial charge >= 0.3 is 5.97 Å². The third-order valence-corrected chi connectivity index (χ3v) is 6.16. The summed E-state index contributed by atoms with van der Waals surface area (Å²) in [6.07, 6.45) is 0.411. The summed E-state index contributed by atoms with van der Waals surface area (Å²) >= 11 is 0. The van der Waals surface area contributed by atoms with Gasteiger partial charge in [-0.1, -0.05) is 26.0 Å². The van der Waals surface area contributed by atoms with E-state index in [1.54, 1.807) is 12.1 Å². The van der Waals surface area contributed by atoms with Gasteiger partial charge in [0, 0.05) is 13.1 Å². The zero-order chi connectivity index (χ0) is 19.3. The fraction of sp³-hybridized carbons (Fsp3) is 0.556. The second kappa shape index (κ2) is 8.53. The number of esters is 1. The number of rotatable bonds is 7. The molecule has 0 saturated carbocycles. The number of sulfone groups is 1. The highest BCUT2D eigenvalue weighted by Gasteiger charge is 2.32. The van der Waals surface area contributed by atoms with Crippen molar-refractivity contribution >= 4 is 21.7 Å². The Bertz CT molecular complexity index is 741. The molecule has 26 heavy (non-hydrogen) atoms. The summed E-state index contributed by atoms with van der Waals surface area (Å²) in [7, 11) is -1.55. The highest BCUT2D eigenvalue weighted by Crippen LogP contribution is 2.19. The van der Waals surface area contributed by atoms with Crippen LogP contribution in [0.1, 0.15) is 31.7 Å². The van der Waals surface area contributed by atoms with E-state index in [9.17, 15) is 18.0 Å². The van der Waals surface area contributed by atoms with E-state index in [0.717, 1.165) is 0 Å². The van der Waals surface area contributed by atoms with Crippen LogP contribution in [0.4, 0.5) is 0 Å². The fourth-order valence-corrected chi connectivity index (χ4v) is 4.44. The van der Waals surface area contributed by atoms with Crippen molar-refractivity contribution in [1.82, 2.24) is 4.90 Å². The minimum atomic E-state index is -3.07. The maximum Gasteiger partial charge on any atom is 0.344 e. The van der Waals surface area contributed by atoms with Crippen molar-refractivity contribution in [2.24, 2.45) is 0 Å². The lowest BCUT2D eigenvalue weighted by Crippen LogP contribution is -2.40. The Labute approximate surface area is 154 Å². The Morgan fingerprint density at radius 2 is 1.85 bits per heavy atom. The van der Waals surface area contributed by atoms with Crippen molar-refractivity contribution in [1.29, 1.82) is 0 Å². The third-order valence-electron chi connectivity index (χ3n) is 4.41. The zero-order valence-electron chi connectivity index (χ0n) is 15.3. The molecule has 1 aromatic rings. The average Bonchev–Trinajstić information content (AvgIpc) is 2.97. The summed E-state index contributed by atoms with van der Waals surface area (Å²) in [6, 6.07) is 7.06. The molecule has 144 valence electrons. The van der Waals surface area contributed by atoms with Crippen molar-refractivity contribution in [2.75, 3.05) is 31.8 Å². The number of hydrogen-bond acceptors (Lipinski definition) is 6. The maximum atomic E-state index is 12.0. The Balaban J connectivity index is 1.73. The van der Waals surface area contributed by atoms with Crippen LogP contribution in [-0.2, 0) is 24.2 Å². The Kier molecular flexibility index (Phi) is 6.63. The predicted molar refractivity (Wildman–Crippen MR) is 96.8 cm³/mol. The largest absolute Gasteiger partial charge is 0.482 e. The number of hydrogen-bond donors (Lipinski definition) is 0. The molecular formula is C18H25NO6S. The molecule has 0 N–H and O–H groups in total. The number of benzene rings is 1. The molecule has 8 heteroatoms. The van der Waals surface area contributed by atoms with Crippen LogP contribution in [0.3, 0.4) is 0 Å². The molecule has 0 bridgehead atoms. The first kappa shape index (κ1) is 20.2. The van der Waals surface area contributed by atoms with Crippen LogP contribution in [0.5, 0.6) is 5.75 Å². The van der Waals surface area contributed by atoms with E-state index < -0.39 is 28.3 Å². The molecular weight excluding hydrogens is 358 g/mol. The molecule has 0 aromatic heterocycles. The summed E-state index contributed by atoms with van der Waals surface area (Å²) in [4.78, 5) is 25.1. The molecule has 0 unspecified atom stereocenters. The zero-order valence-corrected chi connectivity index (χ0v) is 16.1. The Morgan fingerprint density at radius 1 is 1.19 bits per heavy atom. The first-order chi connectivity index (χ1) is 12.2. The molecule has 0 radical (unpaired) electrons. The number of likely N-dealkylation sites (N-methyl/N-ethyl adjacent to an activating group) is 1. The van der Waals surface area contributed by atoms with Crippen molar-refractivity contribution < 1.29 is 27.5 Å². The second-order valence-electron chi connectivity index (χ2n) is 6.73. The van der Waals surface area contributed by atoms with Crippen molar-refractivity contribution in [3.63, 3.8) is 0 Å². The normalized spacial score (nSPS) is 18.5. The number of ether oxygens (including phenoxy) is 2. The lowest BCUT2D eigenvalue weighted by atomic mass is 10.0. The Morgan fingerprint density at radius 3 is 2.38 bits per heavy atom. The van der Waals surface area contributed by atoms with Crippen molar-refractivity contribution in [3.8, 4) is 5.75 Å². The molecule has 1 atom stereocenters. The molecule has 2 rings (SSSR count). The minimum absolute atomic E-state index is 0.0430. The molecule has 1 saturated heterocycles. The van der Waals surface area contributed by atoms with Gasteiger partial charge in [0.1, 0.15) is 5.75 Å². The summed E-state index contributed by atoms with van der Waals surface area (Å²) in [5.74, 6) is -0.0877. The van der Waals surface area contributed by atoms with Crippen molar-refractivity contribution in [3.05, 3.63) is 29.8 Å². The third kappa shape index (κ3) is 5.72. The van der Waals surface area contributed by atoms with E-state index >= 15 is 0 Å². The van der Waals surface area contributed by atoms with E-state index in [-0.39, 0.29) is 24.2 Å². The van der Waals surface area contributed by atoms with E-state index in [1.807, 2.05) is 12.1 Å². The van der Waals surface area contributed by atoms with Crippen molar-refractivity contribution in [2.45, 2.75) is 32.2 Å². The van der Waals surface area contributed by atoms with Crippen LogP contribution < -0.4 is 4.74 Å². The number of nitrogens with zero attached hydrogens (tertiary/aromatic N) is 1. The Hall–Kier alpha value is -2.09. The molecule has 7 nitrogen and oxygen atoms in total. The first-order valence-corrected chi connectivity index (χ1v) is 10.3. The SMILES string of the molecule is CC(C)c1ccc(OCC(=O)OCC(=O)N(C)[C@H]2CCS(=O)(=O)C2)cc1. The van der Waals surface area contributed by atoms with Crippen LogP contribution in [0.25, 0.3) is 0 Å². The van der Waals surface area contributed by atoms with E-state index in [1.165, 1.54) is 17.5 Å². The molecule has 0 aliphatic carbocycles. The molecule has 0 spiro atoms. The van der Waals surface area contributed by atoms with Gasteiger partial charge in [-0.25, -0.2) is 13.2 Å². The van der Waals surface area contributed by atoms with Gasteiger partial charge in [-0.05, 0) is 30.0 Å². The van der Waals surface area contributed by atoms with Gasteiger partial charge in [0.05, 0.1) is 11.5 Å². The van der Waals surface area contributed by atoms with Gasteiger partial charge in [0.15, 0.2) is 23.1 Å². The van der Waals surface area contributed by atoms with E-state index in [2.05, 4.69) is 13.8 Å². The fourth-order valence-electron chi connectivity index (χ4n) is 2.66. The van der Waals surface area contributed by atoms with Crippen LogP contribution in [0.2, 0.25) is 0 Å². The molecule has 1 aliphatic rings. The first-order valence-electron chi connectivity index (χ1n) is 8.52. The van der Waals surface area contributed by atoms with Gasteiger partial charge < -0.3 is 14.4 Å². The summed E-state index contributed by atoms with van der Waals surface area (Å²) < 4.78 is 33.2. The molecule has 1 heterocycles. The summed E-state index contributed by atoms with van der Waals surface area (Å²) in [5, 5.41) is 0. The average molecular weight is 383 g/mol. The van der Waals surface area contributed by atoms with E-state index in [4.69, 9.17) is 9.47 Å². The topological polar surface area (TPSA) is 90.0 Å². The van der Waals surface area contributed by atoms with Crippen LogP contribution in [0.15, 0.2) is 24.3 Å². The molecule has 1 amide bonds. The predicted octanol–water partition coefficient (Wildman–Crippen LogP) is 1.38. The maximum absolute atomic E-state index is 12.0. The van der Waals surface area contributed by atoms with Gasteiger partial charge in [0.2, 0.25) is 0 Å². The number of carbonyl (C=O) groups is 2. The quantitative estimate of drug-likeness (QED) is 0.661. The summed E-state index contributed by atoms with van der Waals surface area (Å²) in [5.41, 5.74) is 1.17. The highest BCUT2D eigenvalue weighted by atomic mass is 32.2. The monoisotopic (exact) mass is 383 g/mol. The summed E-state index contributed by atoms with van der Waals surface area (Å²) in [6.45, 7) is 3.45. The molecule has 1 fully saturated rings. The van der Waals surface area contributed by atoms with Gasteiger partial charge in [-0.2, -0.15) is 0 Å². The van der Waals surface area contributed by atoms with Gasteiger partial charge in [-0.3, -0.25) is 4.79 Å². The van der Waals surface area contributed by atoms with Crippen LogP contribution in [-0.4, -0.2) is 63.0 Å². The molecule has 1 aliphatic heterocycles. The smallest absolute Gasteiger partial charge is 0.344 e. The minimum Gasteiger partial charge on any atom is -0.482 e. The molecule has 1 aromatic carbocycles. The van der Waals surface area contributed by atoms with Crippen LogP contribution in [0, 0.1) is 0 Å². The lowest BCUT2D eigenvalue weighted by Gasteiger charge is -2.23. The highest BCUT2D eigenvalue weighted by molar-refractivity contribution is 7.91. The lowest BCUT2D eigenvalue weighted by molar-refractivity contribution is -0.153. The number of carbonyl (C=O) groups excluding carboxylic acids is 2. The standard InChI is InChI=1S/C18H25NO6S/c1-13(2)14-4-6-16(7-5-14)24-11-18(21)25-10-17(20)19(3)15-8-9-26(22,23)12-15/h4-7,13,15H,8-12H2,1-3H3/t15-/m0/s1. The van der Waals surface area contributed by atoms with Gasteiger partial charge in [0.25, 0.3) is 5.91 Å². The second-order valence-corrected chi connectivity index (χ2v) is 8.96. The van der Waals surface area contributed by atoms with E-state index in [0.29, 0.717) is 18.1 Å².